The summed E-state index contributed by atoms with van der Waals surface area (Å²) in [7, 11) is 1.88. The Labute approximate surface area is 287 Å². The normalized spacial score (nSPS) is 15.7. The lowest BCUT2D eigenvalue weighted by Gasteiger charge is -2.47. The van der Waals surface area contributed by atoms with E-state index in [2.05, 4.69) is 38.6 Å². The van der Waals surface area contributed by atoms with Gasteiger partial charge in [-0.25, -0.2) is 9.78 Å². The van der Waals surface area contributed by atoms with Crippen LogP contribution in [0.1, 0.15) is 69.4 Å². The zero-order valence-corrected chi connectivity index (χ0v) is 28.4. The van der Waals surface area contributed by atoms with Gasteiger partial charge in [-0.3, -0.25) is 10.00 Å². The van der Waals surface area contributed by atoms with Crippen LogP contribution in [-0.2, 0) is 18.3 Å². The van der Waals surface area contributed by atoms with Gasteiger partial charge in [-0.2, -0.15) is 19.9 Å². The summed E-state index contributed by atoms with van der Waals surface area (Å²) in [4.78, 5) is 29.9. The Morgan fingerprint density at radius 1 is 1.02 bits per heavy atom. The predicted molar refractivity (Wildman–Crippen MR) is 189 cm³/mol. The Morgan fingerprint density at radius 2 is 1.84 bits per heavy atom. The highest BCUT2D eigenvalue weighted by atomic mass is 16.5. The molecule has 2 fully saturated rings. The van der Waals surface area contributed by atoms with Gasteiger partial charge in [0.15, 0.2) is 5.82 Å². The van der Waals surface area contributed by atoms with Gasteiger partial charge in [0.1, 0.15) is 17.8 Å². The lowest BCUT2D eigenvalue weighted by molar-refractivity contribution is -0.342. The number of carbonyl (C=O) groups is 1. The second-order valence-electron chi connectivity index (χ2n) is 12.8. The Bertz CT molecular complexity index is 1780. The quantitative estimate of drug-likeness (QED) is 0.101. The number of hydrogen-bond acceptors (Lipinski definition) is 9. The molecular weight excluding hydrogens is 616 g/mol. The molecule has 1 aromatic carbocycles. The van der Waals surface area contributed by atoms with Crippen molar-refractivity contribution in [1.29, 1.82) is 5.26 Å². The highest BCUT2D eigenvalue weighted by molar-refractivity contribution is 5.86. The molecule has 2 amide bonds. The minimum atomic E-state index is -0.196. The molecule has 2 saturated heterocycles. The number of hydrogen-bond donors (Lipinski definition) is 2. The number of nitrogens with one attached hydrogen (secondary N) is 2. The molecule has 2 aliphatic rings. The molecule has 3 aromatic heterocycles. The van der Waals surface area contributed by atoms with Crippen LogP contribution in [-0.4, -0.2) is 72.9 Å². The summed E-state index contributed by atoms with van der Waals surface area (Å²) in [5, 5.41) is 20.5. The number of carbonyl (C=O) groups excluding carboxylic acids is 1. The van der Waals surface area contributed by atoms with E-state index in [1.165, 1.54) is 0 Å². The van der Waals surface area contributed by atoms with Crippen LogP contribution < -0.4 is 15.5 Å². The minimum absolute atomic E-state index is 0.0304. The van der Waals surface area contributed by atoms with E-state index in [0.717, 1.165) is 93.5 Å². The Hall–Kier alpha value is -5.15. The molecule has 49 heavy (non-hydrogen) atoms. The number of aryl methyl sites for hydroxylation is 1. The molecule has 0 saturated carbocycles. The number of nitrogens with zero attached hydrogens (tertiary/aromatic N) is 8. The Kier molecular flexibility index (Phi) is 10.9. The van der Waals surface area contributed by atoms with Crippen molar-refractivity contribution in [2.75, 3.05) is 36.5 Å². The molecule has 0 radical (unpaired) electrons. The maximum atomic E-state index is 13.8. The number of piperidine rings is 1. The molecule has 4 aromatic rings. The molecule has 6 rings (SSSR count). The summed E-state index contributed by atoms with van der Waals surface area (Å²) in [6.07, 6.45) is 14.3. The average molecular weight is 662 g/mol. The van der Waals surface area contributed by atoms with Crippen LogP contribution in [0.4, 0.5) is 22.4 Å². The lowest BCUT2D eigenvalue weighted by atomic mass is 9.84. The van der Waals surface area contributed by atoms with Gasteiger partial charge in [0, 0.05) is 50.1 Å². The maximum Gasteiger partial charge on any atom is 0.441 e. The first kappa shape index (κ1) is 33.7. The third kappa shape index (κ3) is 8.29. The molecule has 0 atom stereocenters. The largest absolute Gasteiger partial charge is 0.441 e. The van der Waals surface area contributed by atoms with Crippen molar-refractivity contribution in [3.8, 4) is 17.2 Å². The second-order valence-corrected chi connectivity index (χ2v) is 12.8. The van der Waals surface area contributed by atoms with Gasteiger partial charge in [0.25, 0.3) is 5.82 Å². The van der Waals surface area contributed by atoms with E-state index in [0.29, 0.717) is 36.2 Å². The standard InChI is InChI=1S/C37H44N10O2/c1-3-9-32(12-7-8-18-39-35-41-25-30(22-38)34(44-35)46-19-15-37(16-20-46)17-21-49-37)47(36(48)42-23-28-10-5-4-6-11-28)33-14-13-29(24-40-33)31-26-43-45(2)27-31/h4-6,10-11,13-14,24-27H,3,7-9,12,15-21,23H2,1-2H3,(H-,39,41,42,44,48)/p+1/b47-32+. The number of amides is 2. The highest BCUT2D eigenvalue weighted by Gasteiger charge is 2.41. The molecule has 0 unspecified atom stereocenters. The molecule has 0 aliphatic carbocycles. The summed E-state index contributed by atoms with van der Waals surface area (Å²) in [6.45, 7) is 5.70. The van der Waals surface area contributed by atoms with Crippen molar-refractivity contribution in [3.63, 3.8) is 0 Å². The molecule has 254 valence electrons. The molecule has 12 heteroatoms. The van der Waals surface area contributed by atoms with E-state index < -0.39 is 0 Å². The molecular formula is C37H45N10O2+. The van der Waals surface area contributed by atoms with Crippen LogP contribution in [0.3, 0.4) is 0 Å². The summed E-state index contributed by atoms with van der Waals surface area (Å²) in [5.41, 5.74) is 4.48. The number of ether oxygens (including phenoxy) is 1. The second kappa shape index (κ2) is 15.8. The molecule has 12 nitrogen and oxygen atoms in total. The van der Waals surface area contributed by atoms with Gasteiger partial charge in [-0.1, -0.05) is 37.3 Å². The predicted octanol–water partition coefficient (Wildman–Crippen LogP) is 5.98. The SMILES string of the molecule is CCC/C(CCCCNc1ncc(C#N)c(N2CCC3(CCO3)CC2)n1)=[N+](\C(=O)NCc1ccccc1)c1ccc(-c2cnn(C)c2)cn1. The summed E-state index contributed by atoms with van der Waals surface area (Å²) in [6, 6.07) is 15.9. The highest BCUT2D eigenvalue weighted by Crippen LogP contribution is 2.38. The van der Waals surface area contributed by atoms with Crippen molar-refractivity contribution < 1.29 is 14.1 Å². The number of benzene rings is 1. The van der Waals surface area contributed by atoms with E-state index in [9.17, 15) is 10.1 Å². The number of anilines is 2. The third-order valence-electron chi connectivity index (χ3n) is 9.36. The molecule has 2 N–H and O–H groups in total. The number of urea groups is 1. The fourth-order valence-electron chi connectivity index (χ4n) is 6.50. The van der Waals surface area contributed by atoms with E-state index in [4.69, 9.17) is 14.7 Å². The van der Waals surface area contributed by atoms with Crippen LogP contribution >= 0.6 is 0 Å². The fourth-order valence-corrected chi connectivity index (χ4v) is 6.50. The van der Waals surface area contributed by atoms with Gasteiger partial charge in [-0.15, -0.1) is 4.98 Å². The van der Waals surface area contributed by atoms with E-state index >= 15 is 0 Å². The molecule has 1 spiro atoms. The monoisotopic (exact) mass is 661 g/mol. The van der Waals surface area contributed by atoms with Crippen molar-refractivity contribution in [1.82, 2.24) is 30.0 Å². The fraction of sp³-hybridized carbons (Fsp3) is 0.432. The van der Waals surface area contributed by atoms with E-state index in [1.54, 1.807) is 27.8 Å². The topological polar surface area (TPSA) is 137 Å². The van der Waals surface area contributed by atoms with Crippen molar-refractivity contribution in [2.45, 2.75) is 70.4 Å². The summed E-state index contributed by atoms with van der Waals surface area (Å²) < 4.78 is 9.38. The first-order valence-electron chi connectivity index (χ1n) is 17.3. The number of nitriles is 1. The maximum absolute atomic E-state index is 13.8. The number of pyridine rings is 1. The first-order chi connectivity index (χ1) is 24.0. The zero-order valence-electron chi connectivity index (χ0n) is 28.4. The third-order valence-corrected chi connectivity index (χ3v) is 9.36. The Balaban J connectivity index is 1.12. The number of rotatable bonds is 13. The van der Waals surface area contributed by atoms with Crippen molar-refractivity contribution in [2.24, 2.45) is 7.05 Å². The lowest BCUT2D eigenvalue weighted by Crippen LogP contribution is -2.52. The summed E-state index contributed by atoms with van der Waals surface area (Å²) in [5.74, 6) is 1.80. The van der Waals surface area contributed by atoms with Gasteiger partial charge in [0.2, 0.25) is 5.95 Å². The first-order valence-corrected chi connectivity index (χ1v) is 17.3. The van der Waals surface area contributed by atoms with Crippen molar-refractivity contribution in [3.05, 3.63) is 78.4 Å². The average Bonchev–Trinajstić information content (AvgIpc) is 3.56. The zero-order chi connectivity index (χ0) is 34.1. The molecule has 0 bridgehead atoms. The number of aromatic nitrogens is 5. The Morgan fingerprint density at radius 3 is 2.49 bits per heavy atom. The van der Waals surface area contributed by atoms with E-state index in [1.807, 2.05) is 55.7 Å². The number of unbranched alkanes of at least 4 members (excludes halogenated alkanes) is 1. The van der Waals surface area contributed by atoms with Gasteiger partial charge in [0.05, 0.1) is 36.9 Å². The van der Waals surface area contributed by atoms with Gasteiger partial charge < -0.3 is 15.0 Å². The van der Waals surface area contributed by atoms with Crippen molar-refractivity contribution >= 4 is 29.3 Å². The van der Waals surface area contributed by atoms with Crippen LogP contribution in [0, 0.1) is 11.3 Å². The van der Waals surface area contributed by atoms with Crippen LogP contribution in [0.5, 0.6) is 0 Å². The van der Waals surface area contributed by atoms with Gasteiger partial charge >= 0.3 is 6.03 Å². The van der Waals surface area contributed by atoms with Crippen LogP contribution in [0.15, 0.2) is 67.3 Å². The van der Waals surface area contributed by atoms with Gasteiger partial charge in [-0.05, 0) is 63.0 Å². The smallest absolute Gasteiger partial charge is 0.375 e. The molecule has 2 aliphatic heterocycles. The van der Waals surface area contributed by atoms with Crippen LogP contribution in [0.2, 0.25) is 0 Å². The molecule has 5 heterocycles. The summed E-state index contributed by atoms with van der Waals surface area (Å²) >= 11 is 0. The van der Waals surface area contributed by atoms with E-state index in [-0.39, 0.29) is 11.6 Å². The minimum Gasteiger partial charge on any atom is -0.375 e. The van der Waals surface area contributed by atoms with Crippen LogP contribution in [0.25, 0.3) is 11.1 Å².